The Bertz CT molecular complexity index is 539. The lowest BCUT2D eigenvalue weighted by molar-refractivity contribution is 0.528. The van der Waals surface area contributed by atoms with Crippen LogP contribution in [0.1, 0.15) is 24.9 Å². The zero-order valence-corrected chi connectivity index (χ0v) is 8.86. The van der Waals surface area contributed by atoms with Crippen LogP contribution in [0.25, 0.3) is 11.1 Å². The summed E-state index contributed by atoms with van der Waals surface area (Å²) in [5, 5.41) is 0. The van der Waals surface area contributed by atoms with Gasteiger partial charge in [-0.05, 0) is 24.1 Å². The van der Waals surface area contributed by atoms with Crippen LogP contribution in [0.5, 0.6) is 0 Å². The molecule has 0 saturated carbocycles. The van der Waals surface area contributed by atoms with Crippen LogP contribution in [0.2, 0.25) is 0 Å². The Hall–Kier alpha value is -1.55. The van der Waals surface area contributed by atoms with E-state index in [0.29, 0.717) is 5.58 Å². The van der Waals surface area contributed by atoms with Crippen LogP contribution in [-0.2, 0) is 7.05 Å². The fraction of sp³-hybridized carbons (Fsp3) is 0.364. The Labute approximate surface area is 87.3 Å². The van der Waals surface area contributed by atoms with Crippen molar-refractivity contribution in [2.45, 2.75) is 19.4 Å². The van der Waals surface area contributed by atoms with Gasteiger partial charge >= 0.3 is 5.76 Å². The summed E-state index contributed by atoms with van der Waals surface area (Å²) in [5.41, 5.74) is 8.35. The molecule has 0 amide bonds. The van der Waals surface area contributed by atoms with Gasteiger partial charge in [0.25, 0.3) is 0 Å². The van der Waals surface area contributed by atoms with E-state index in [1.807, 2.05) is 19.1 Å². The van der Waals surface area contributed by atoms with E-state index in [1.165, 1.54) is 4.57 Å². The molecule has 1 unspecified atom stereocenters. The average molecular weight is 206 g/mol. The number of oxazole rings is 1. The largest absolute Gasteiger partial charge is 0.419 e. The van der Waals surface area contributed by atoms with Crippen molar-refractivity contribution < 1.29 is 4.42 Å². The topological polar surface area (TPSA) is 61.2 Å². The minimum Gasteiger partial charge on any atom is -0.408 e. The number of aromatic nitrogens is 1. The fourth-order valence-corrected chi connectivity index (χ4v) is 1.61. The van der Waals surface area contributed by atoms with E-state index in [1.54, 1.807) is 13.1 Å². The van der Waals surface area contributed by atoms with Crippen LogP contribution in [0.4, 0.5) is 0 Å². The molecule has 2 rings (SSSR count). The molecule has 0 aliphatic carbocycles. The molecule has 1 aromatic carbocycles. The van der Waals surface area contributed by atoms with Crippen molar-refractivity contribution in [2.24, 2.45) is 12.8 Å². The van der Waals surface area contributed by atoms with E-state index in [4.69, 9.17) is 10.2 Å². The first-order chi connectivity index (χ1) is 7.13. The molecule has 80 valence electrons. The number of benzene rings is 1. The third-order valence-electron chi connectivity index (χ3n) is 2.68. The maximum absolute atomic E-state index is 11.3. The predicted molar refractivity (Wildman–Crippen MR) is 58.7 cm³/mol. The van der Waals surface area contributed by atoms with Crippen molar-refractivity contribution in [3.63, 3.8) is 0 Å². The molecular weight excluding hydrogens is 192 g/mol. The second kappa shape index (κ2) is 3.55. The normalized spacial score (nSPS) is 13.3. The first kappa shape index (κ1) is 9.98. The molecule has 4 heteroatoms. The highest BCUT2D eigenvalue weighted by Crippen LogP contribution is 2.19. The van der Waals surface area contributed by atoms with Gasteiger partial charge in [0.05, 0.1) is 5.52 Å². The SMILES string of the molecule is CCC(N)c1ccc2oc(=O)n(C)c2c1. The van der Waals surface area contributed by atoms with E-state index in [0.717, 1.165) is 17.5 Å². The molecule has 1 atom stereocenters. The number of rotatable bonds is 2. The molecule has 4 nitrogen and oxygen atoms in total. The highest BCUT2D eigenvalue weighted by molar-refractivity contribution is 5.73. The standard InChI is InChI=1S/C11H14N2O2/c1-3-8(12)7-4-5-10-9(6-7)13(2)11(14)15-10/h4-6,8H,3,12H2,1-2H3. The number of hydrogen-bond acceptors (Lipinski definition) is 3. The maximum Gasteiger partial charge on any atom is 0.419 e. The van der Waals surface area contributed by atoms with E-state index < -0.39 is 0 Å². The van der Waals surface area contributed by atoms with E-state index in [-0.39, 0.29) is 11.8 Å². The summed E-state index contributed by atoms with van der Waals surface area (Å²) in [7, 11) is 1.69. The Balaban J connectivity index is 2.64. The van der Waals surface area contributed by atoms with Crippen LogP contribution in [0.15, 0.2) is 27.4 Å². The van der Waals surface area contributed by atoms with Gasteiger partial charge in [-0.15, -0.1) is 0 Å². The molecule has 0 aliphatic heterocycles. The monoisotopic (exact) mass is 206 g/mol. The summed E-state index contributed by atoms with van der Waals surface area (Å²) in [4.78, 5) is 11.3. The zero-order valence-electron chi connectivity index (χ0n) is 8.86. The van der Waals surface area contributed by atoms with Crippen LogP contribution in [-0.4, -0.2) is 4.57 Å². The molecular formula is C11H14N2O2. The summed E-state index contributed by atoms with van der Waals surface area (Å²) >= 11 is 0. The van der Waals surface area contributed by atoms with Gasteiger partial charge in [-0.3, -0.25) is 4.57 Å². The van der Waals surface area contributed by atoms with Crippen LogP contribution < -0.4 is 11.5 Å². The Morgan fingerprint density at radius 2 is 2.27 bits per heavy atom. The number of hydrogen-bond donors (Lipinski definition) is 1. The highest BCUT2D eigenvalue weighted by atomic mass is 16.4. The average Bonchev–Trinajstić information content (AvgIpc) is 2.54. The third-order valence-corrected chi connectivity index (χ3v) is 2.68. The second-order valence-electron chi connectivity index (χ2n) is 3.67. The summed E-state index contributed by atoms with van der Waals surface area (Å²) in [6.45, 7) is 2.03. The first-order valence-corrected chi connectivity index (χ1v) is 4.98. The van der Waals surface area contributed by atoms with Gasteiger partial charge in [0.15, 0.2) is 5.58 Å². The summed E-state index contributed by atoms with van der Waals surface area (Å²) < 4.78 is 6.52. The molecule has 1 aromatic heterocycles. The van der Waals surface area contributed by atoms with Crippen molar-refractivity contribution >= 4 is 11.1 Å². The van der Waals surface area contributed by atoms with E-state index in [2.05, 4.69) is 0 Å². The van der Waals surface area contributed by atoms with Crippen molar-refractivity contribution in [2.75, 3.05) is 0 Å². The van der Waals surface area contributed by atoms with Crippen molar-refractivity contribution in [1.82, 2.24) is 4.57 Å². The number of fused-ring (bicyclic) bond motifs is 1. The van der Waals surface area contributed by atoms with Crippen LogP contribution in [0.3, 0.4) is 0 Å². The van der Waals surface area contributed by atoms with Gasteiger partial charge in [0, 0.05) is 13.1 Å². The number of nitrogens with two attached hydrogens (primary N) is 1. The van der Waals surface area contributed by atoms with E-state index in [9.17, 15) is 4.79 Å². The lowest BCUT2D eigenvalue weighted by Crippen LogP contribution is -2.10. The molecule has 0 aliphatic rings. The van der Waals surface area contributed by atoms with Gasteiger partial charge in [-0.2, -0.15) is 0 Å². The predicted octanol–water partition coefficient (Wildman–Crippen LogP) is 1.54. The molecule has 1 heterocycles. The maximum atomic E-state index is 11.3. The van der Waals surface area contributed by atoms with Gasteiger partial charge < -0.3 is 10.2 Å². The van der Waals surface area contributed by atoms with Crippen LogP contribution in [0, 0.1) is 0 Å². The quantitative estimate of drug-likeness (QED) is 0.810. The van der Waals surface area contributed by atoms with Gasteiger partial charge in [0.2, 0.25) is 0 Å². The highest BCUT2D eigenvalue weighted by Gasteiger charge is 2.09. The summed E-state index contributed by atoms with van der Waals surface area (Å²) in [5.74, 6) is -0.341. The molecule has 0 fully saturated rings. The molecule has 2 N–H and O–H groups in total. The molecule has 0 spiro atoms. The Morgan fingerprint density at radius 3 is 2.93 bits per heavy atom. The van der Waals surface area contributed by atoms with Gasteiger partial charge in [0.1, 0.15) is 0 Å². The zero-order chi connectivity index (χ0) is 11.0. The smallest absolute Gasteiger partial charge is 0.408 e. The molecule has 15 heavy (non-hydrogen) atoms. The molecule has 0 bridgehead atoms. The Morgan fingerprint density at radius 1 is 1.53 bits per heavy atom. The van der Waals surface area contributed by atoms with Gasteiger partial charge in [-0.1, -0.05) is 13.0 Å². The first-order valence-electron chi connectivity index (χ1n) is 4.98. The second-order valence-corrected chi connectivity index (χ2v) is 3.67. The van der Waals surface area contributed by atoms with Crippen LogP contribution >= 0.6 is 0 Å². The molecule has 0 radical (unpaired) electrons. The minimum atomic E-state index is -0.341. The van der Waals surface area contributed by atoms with Gasteiger partial charge in [-0.25, -0.2) is 4.79 Å². The molecule has 2 aromatic rings. The Kier molecular flexibility index (Phi) is 2.36. The summed E-state index contributed by atoms with van der Waals surface area (Å²) in [6, 6.07) is 5.62. The lowest BCUT2D eigenvalue weighted by atomic mass is 10.1. The van der Waals surface area contributed by atoms with Crippen molar-refractivity contribution in [3.8, 4) is 0 Å². The number of nitrogens with zero attached hydrogens (tertiary/aromatic N) is 1. The van der Waals surface area contributed by atoms with Crippen molar-refractivity contribution in [1.29, 1.82) is 0 Å². The van der Waals surface area contributed by atoms with Crippen molar-refractivity contribution in [3.05, 3.63) is 34.3 Å². The van der Waals surface area contributed by atoms with E-state index >= 15 is 0 Å². The lowest BCUT2D eigenvalue weighted by Gasteiger charge is -2.08. The third kappa shape index (κ3) is 1.57. The fourth-order valence-electron chi connectivity index (χ4n) is 1.61. The minimum absolute atomic E-state index is 0.0133. The number of aryl methyl sites for hydroxylation is 1. The molecule has 0 saturated heterocycles. The summed E-state index contributed by atoms with van der Waals surface area (Å²) in [6.07, 6.45) is 0.872.